The normalized spacial score (nSPS) is 17.6. The Morgan fingerprint density at radius 3 is 2.46 bits per heavy atom. The van der Waals surface area contributed by atoms with Gasteiger partial charge in [-0.05, 0) is 19.3 Å². The monoisotopic (exact) mass is 180 g/mol. The number of hydrogen-bond acceptors (Lipinski definition) is 1. The van der Waals surface area contributed by atoms with Gasteiger partial charge in [-0.2, -0.15) is 0 Å². The summed E-state index contributed by atoms with van der Waals surface area (Å²) >= 11 is 0. The Labute approximate surface area is 81.2 Å². The summed E-state index contributed by atoms with van der Waals surface area (Å²) in [7, 11) is 0. The van der Waals surface area contributed by atoms with Crippen LogP contribution in [0, 0.1) is 5.92 Å². The Balaban J connectivity index is 2.13. The maximum atomic E-state index is 11.5. The predicted molar refractivity (Wildman–Crippen MR) is 55.6 cm³/mol. The zero-order valence-electron chi connectivity index (χ0n) is 8.64. The molecular weight excluding hydrogens is 160 g/mol. The highest BCUT2D eigenvalue weighted by atomic mass is 16.1. The number of rotatable bonds is 5. The minimum Gasteiger partial charge on any atom is -0.300 e. The van der Waals surface area contributed by atoms with E-state index in [1.54, 1.807) is 0 Å². The van der Waals surface area contributed by atoms with E-state index in [4.69, 9.17) is 0 Å². The van der Waals surface area contributed by atoms with Crippen molar-refractivity contribution in [2.24, 2.45) is 5.92 Å². The number of allylic oxidation sites excluding steroid dienone is 1. The first kappa shape index (κ1) is 10.5. The average Bonchev–Trinajstić information content (AvgIpc) is 2.53. The minimum atomic E-state index is 0.440. The zero-order valence-corrected chi connectivity index (χ0v) is 8.64. The van der Waals surface area contributed by atoms with Crippen LogP contribution in [0.1, 0.15) is 51.9 Å². The summed E-state index contributed by atoms with van der Waals surface area (Å²) in [6, 6.07) is 0. The quantitative estimate of drug-likeness (QED) is 0.592. The molecule has 0 heterocycles. The third-order valence-electron chi connectivity index (χ3n) is 2.82. The molecule has 1 rings (SSSR count). The number of ketones is 1. The van der Waals surface area contributed by atoms with Crippen molar-refractivity contribution < 1.29 is 4.79 Å². The van der Waals surface area contributed by atoms with Gasteiger partial charge in [0.1, 0.15) is 5.78 Å². The van der Waals surface area contributed by atoms with E-state index in [0.717, 1.165) is 18.4 Å². The Bertz CT molecular complexity index is 187. The van der Waals surface area contributed by atoms with Gasteiger partial charge in [0.2, 0.25) is 0 Å². The van der Waals surface area contributed by atoms with Gasteiger partial charge in [0.25, 0.3) is 0 Å². The van der Waals surface area contributed by atoms with Crippen LogP contribution in [-0.2, 0) is 4.79 Å². The summed E-state index contributed by atoms with van der Waals surface area (Å²) in [6.07, 6.45) is 7.64. The van der Waals surface area contributed by atoms with Crippen LogP contribution in [0.5, 0.6) is 0 Å². The van der Waals surface area contributed by atoms with E-state index in [1.165, 1.54) is 25.7 Å². The molecule has 0 aromatic carbocycles. The number of Topliss-reactive ketones (excluding diaryl/α,β-unsaturated/α-hetero) is 1. The van der Waals surface area contributed by atoms with E-state index in [2.05, 4.69) is 6.58 Å². The summed E-state index contributed by atoms with van der Waals surface area (Å²) in [5.41, 5.74) is 1.12. The molecule has 0 N–H and O–H groups in total. The summed E-state index contributed by atoms with van der Waals surface area (Å²) in [5, 5.41) is 0. The molecule has 13 heavy (non-hydrogen) atoms. The third-order valence-corrected chi connectivity index (χ3v) is 2.82. The lowest BCUT2D eigenvalue weighted by Crippen LogP contribution is -2.05. The molecule has 1 heteroatoms. The van der Waals surface area contributed by atoms with E-state index in [1.807, 2.05) is 6.92 Å². The van der Waals surface area contributed by atoms with Crippen molar-refractivity contribution in [2.45, 2.75) is 51.9 Å². The highest BCUT2D eigenvalue weighted by Crippen LogP contribution is 2.28. The lowest BCUT2D eigenvalue weighted by molar-refractivity contribution is -0.119. The van der Waals surface area contributed by atoms with Gasteiger partial charge in [0, 0.05) is 12.8 Å². The molecule has 0 saturated heterocycles. The first-order valence-electron chi connectivity index (χ1n) is 5.34. The summed E-state index contributed by atoms with van der Waals surface area (Å²) in [4.78, 5) is 11.5. The summed E-state index contributed by atoms with van der Waals surface area (Å²) in [5.74, 6) is 1.15. The Morgan fingerprint density at radius 1 is 1.31 bits per heavy atom. The molecule has 0 bridgehead atoms. The predicted octanol–water partition coefficient (Wildman–Crippen LogP) is 3.49. The van der Waals surface area contributed by atoms with Gasteiger partial charge >= 0.3 is 0 Å². The fourth-order valence-electron chi connectivity index (χ4n) is 1.99. The molecule has 0 spiro atoms. The van der Waals surface area contributed by atoms with Gasteiger partial charge in [0.05, 0.1) is 0 Å². The third kappa shape index (κ3) is 4.25. The minimum absolute atomic E-state index is 0.440. The Hall–Kier alpha value is -0.590. The first-order chi connectivity index (χ1) is 6.18. The van der Waals surface area contributed by atoms with Gasteiger partial charge in [-0.25, -0.2) is 0 Å². The van der Waals surface area contributed by atoms with Crippen molar-refractivity contribution in [2.75, 3.05) is 0 Å². The number of hydrogen-bond donors (Lipinski definition) is 0. The topological polar surface area (TPSA) is 17.1 Å². The van der Waals surface area contributed by atoms with Gasteiger partial charge in [-0.3, -0.25) is 4.79 Å². The molecule has 1 aliphatic carbocycles. The van der Waals surface area contributed by atoms with Crippen molar-refractivity contribution in [3.8, 4) is 0 Å². The smallest absolute Gasteiger partial charge is 0.133 e. The van der Waals surface area contributed by atoms with Crippen LogP contribution in [-0.4, -0.2) is 5.78 Å². The Kier molecular flexibility index (Phi) is 4.20. The zero-order chi connectivity index (χ0) is 9.68. The molecular formula is C12H20O. The van der Waals surface area contributed by atoms with Crippen molar-refractivity contribution in [3.05, 3.63) is 12.2 Å². The maximum Gasteiger partial charge on any atom is 0.133 e. The van der Waals surface area contributed by atoms with Crippen LogP contribution in [0.25, 0.3) is 0 Å². The van der Waals surface area contributed by atoms with Gasteiger partial charge in [0.15, 0.2) is 0 Å². The molecule has 1 aliphatic rings. The van der Waals surface area contributed by atoms with Gasteiger partial charge in [-0.1, -0.05) is 31.3 Å². The molecule has 1 nitrogen and oxygen atoms in total. The van der Waals surface area contributed by atoms with Crippen LogP contribution < -0.4 is 0 Å². The van der Waals surface area contributed by atoms with Gasteiger partial charge < -0.3 is 0 Å². The van der Waals surface area contributed by atoms with E-state index >= 15 is 0 Å². The molecule has 74 valence electrons. The van der Waals surface area contributed by atoms with E-state index in [0.29, 0.717) is 18.1 Å². The van der Waals surface area contributed by atoms with Gasteiger partial charge in [-0.15, -0.1) is 6.58 Å². The van der Waals surface area contributed by atoms with Crippen LogP contribution in [0.3, 0.4) is 0 Å². The van der Waals surface area contributed by atoms with Crippen LogP contribution in [0.2, 0.25) is 0 Å². The molecule has 0 aliphatic heterocycles. The molecule has 0 radical (unpaired) electrons. The molecule has 1 saturated carbocycles. The molecule has 0 unspecified atom stereocenters. The molecule has 0 amide bonds. The molecule has 0 aromatic rings. The van der Waals surface area contributed by atoms with E-state index in [-0.39, 0.29) is 0 Å². The highest BCUT2D eigenvalue weighted by molar-refractivity contribution is 5.78. The largest absolute Gasteiger partial charge is 0.300 e. The van der Waals surface area contributed by atoms with E-state index in [9.17, 15) is 4.79 Å². The fraction of sp³-hybridized carbons (Fsp3) is 0.750. The SMILES string of the molecule is C=C(C)CCC(=O)CC1CCCC1. The molecule has 0 aromatic heterocycles. The highest BCUT2D eigenvalue weighted by Gasteiger charge is 2.17. The second kappa shape index (κ2) is 5.21. The van der Waals surface area contributed by atoms with E-state index < -0.39 is 0 Å². The summed E-state index contributed by atoms with van der Waals surface area (Å²) in [6.45, 7) is 5.80. The van der Waals surface area contributed by atoms with Crippen molar-refractivity contribution in [1.29, 1.82) is 0 Å². The fourth-order valence-corrected chi connectivity index (χ4v) is 1.99. The second-order valence-corrected chi connectivity index (χ2v) is 4.35. The number of carbonyl (C=O) groups excluding carboxylic acids is 1. The first-order valence-corrected chi connectivity index (χ1v) is 5.34. The summed E-state index contributed by atoms with van der Waals surface area (Å²) < 4.78 is 0. The van der Waals surface area contributed by atoms with Crippen molar-refractivity contribution >= 4 is 5.78 Å². The van der Waals surface area contributed by atoms with Crippen LogP contribution in [0.15, 0.2) is 12.2 Å². The van der Waals surface area contributed by atoms with Crippen molar-refractivity contribution in [1.82, 2.24) is 0 Å². The number of carbonyl (C=O) groups is 1. The lowest BCUT2D eigenvalue weighted by Gasteiger charge is -2.06. The van der Waals surface area contributed by atoms with Crippen LogP contribution >= 0.6 is 0 Å². The second-order valence-electron chi connectivity index (χ2n) is 4.35. The maximum absolute atomic E-state index is 11.5. The lowest BCUT2D eigenvalue weighted by atomic mass is 9.98. The van der Waals surface area contributed by atoms with Crippen LogP contribution in [0.4, 0.5) is 0 Å². The average molecular weight is 180 g/mol. The Morgan fingerprint density at radius 2 is 1.92 bits per heavy atom. The molecule has 1 fully saturated rings. The standard InChI is InChI=1S/C12H20O/c1-10(2)7-8-12(13)9-11-5-3-4-6-11/h11H,1,3-9H2,2H3. The molecule has 0 atom stereocenters. The van der Waals surface area contributed by atoms with Crippen molar-refractivity contribution in [3.63, 3.8) is 0 Å².